The summed E-state index contributed by atoms with van der Waals surface area (Å²) in [5.74, 6) is 1.98. The molecule has 2 N–H and O–H groups in total. The van der Waals surface area contributed by atoms with Crippen LogP contribution in [0.1, 0.15) is 37.2 Å². The maximum atomic E-state index is 5.69. The van der Waals surface area contributed by atoms with Gasteiger partial charge in [0.05, 0.1) is 12.3 Å². The Bertz CT molecular complexity index is 323. The third-order valence-corrected chi connectivity index (χ3v) is 2.21. The topological polar surface area (TPSA) is 61.0 Å². The number of nitrogens with two attached hydrogens (primary N) is 1. The number of rotatable bonds is 4. The molecule has 1 aromatic heterocycles. The first kappa shape index (κ1) is 9.40. The summed E-state index contributed by atoms with van der Waals surface area (Å²) in [6, 6.07) is 1.78. The lowest BCUT2D eigenvalue weighted by molar-refractivity contribution is 0.131. The van der Waals surface area contributed by atoms with Crippen LogP contribution in [0.5, 0.6) is 0 Å². The average molecular weight is 193 g/mol. The zero-order valence-corrected chi connectivity index (χ0v) is 8.36. The fourth-order valence-corrected chi connectivity index (χ4v) is 1.34. The fourth-order valence-electron chi connectivity index (χ4n) is 1.34. The molecule has 4 heteroatoms. The first-order valence-electron chi connectivity index (χ1n) is 5.00. The zero-order valence-electron chi connectivity index (χ0n) is 8.36. The molecule has 4 nitrogen and oxygen atoms in total. The van der Waals surface area contributed by atoms with Crippen molar-refractivity contribution in [3.8, 4) is 0 Å². The van der Waals surface area contributed by atoms with Gasteiger partial charge in [0.2, 0.25) is 0 Å². The molecule has 0 atom stereocenters. The summed E-state index contributed by atoms with van der Waals surface area (Å²) in [5, 5.41) is 0. The maximum absolute atomic E-state index is 5.69. The molecule has 1 aliphatic rings. The van der Waals surface area contributed by atoms with Crippen molar-refractivity contribution in [2.24, 2.45) is 0 Å². The van der Waals surface area contributed by atoms with Crippen molar-refractivity contribution in [2.45, 2.75) is 32.3 Å². The molecule has 1 aliphatic carbocycles. The Balaban J connectivity index is 2.13. The van der Waals surface area contributed by atoms with Gasteiger partial charge in [-0.15, -0.1) is 0 Å². The molecule has 1 fully saturated rings. The molecule has 76 valence electrons. The van der Waals surface area contributed by atoms with E-state index in [1.807, 2.05) is 6.92 Å². The Morgan fingerprint density at radius 2 is 2.29 bits per heavy atom. The molecular formula is C10H15N3O. The lowest BCUT2D eigenvalue weighted by Gasteiger charge is -2.04. The molecule has 14 heavy (non-hydrogen) atoms. The minimum atomic E-state index is 0.531. The van der Waals surface area contributed by atoms with Crippen molar-refractivity contribution < 1.29 is 4.74 Å². The quantitative estimate of drug-likeness (QED) is 0.786. The molecule has 1 heterocycles. The van der Waals surface area contributed by atoms with Crippen LogP contribution in [0, 0.1) is 0 Å². The summed E-state index contributed by atoms with van der Waals surface area (Å²) < 4.78 is 5.28. The number of hydrogen-bond donors (Lipinski definition) is 1. The fraction of sp³-hybridized carbons (Fsp3) is 0.600. The highest BCUT2D eigenvalue weighted by Gasteiger charge is 2.27. The van der Waals surface area contributed by atoms with Crippen LogP contribution >= 0.6 is 0 Å². The van der Waals surface area contributed by atoms with Crippen LogP contribution in [0.25, 0.3) is 0 Å². The Morgan fingerprint density at radius 3 is 2.93 bits per heavy atom. The number of nitrogen functional groups attached to an aromatic ring is 1. The number of ether oxygens (including phenoxy) is 1. The Hall–Kier alpha value is -1.16. The number of nitrogens with zero attached hydrogens (tertiary/aromatic N) is 2. The van der Waals surface area contributed by atoms with Crippen molar-refractivity contribution in [1.29, 1.82) is 0 Å². The molecule has 1 saturated carbocycles. The molecule has 0 radical (unpaired) electrons. The first-order valence-corrected chi connectivity index (χ1v) is 5.00. The Kier molecular flexibility index (Phi) is 2.63. The molecule has 0 unspecified atom stereocenters. The first-order chi connectivity index (χ1) is 6.79. The van der Waals surface area contributed by atoms with Crippen LogP contribution in [-0.2, 0) is 11.3 Å². The summed E-state index contributed by atoms with van der Waals surface area (Å²) in [5.41, 5.74) is 6.58. The van der Waals surface area contributed by atoms with E-state index in [-0.39, 0.29) is 0 Å². The van der Waals surface area contributed by atoms with E-state index in [0.29, 0.717) is 24.9 Å². The van der Waals surface area contributed by atoms with Gasteiger partial charge in [-0.1, -0.05) is 0 Å². The third-order valence-electron chi connectivity index (χ3n) is 2.21. The largest absolute Gasteiger partial charge is 0.384 e. The van der Waals surface area contributed by atoms with E-state index in [1.165, 1.54) is 12.8 Å². The highest BCUT2D eigenvalue weighted by molar-refractivity contribution is 5.31. The van der Waals surface area contributed by atoms with Gasteiger partial charge in [-0.2, -0.15) is 0 Å². The lowest BCUT2D eigenvalue weighted by atomic mass is 10.3. The van der Waals surface area contributed by atoms with Crippen LogP contribution in [0.4, 0.5) is 5.82 Å². The van der Waals surface area contributed by atoms with Gasteiger partial charge in [0.15, 0.2) is 0 Å². The highest BCUT2D eigenvalue weighted by atomic mass is 16.5. The molecule has 0 saturated heterocycles. The molecule has 0 aromatic carbocycles. The van der Waals surface area contributed by atoms with Crippen molar-refractivity contribution in [2.75, 3.05) is 12.3 Å². The molecule has 2 rings (SSSR count). The minimum absolute atomic E-state index is 0.531. The third kappa shape index (κ3) is 2.20. The van der Waals surface area contributed by atoms with E-state index in [1.54, 1.807) is 6.07 Å². The second-order valence-electron chi connectivity index (χ2n) is 3.55. The molecule has 0 bridgehead atoms. The second-order valence-corrected chi connectivity index (χ2v) is 3.55. The molecule has 0 amide bonds. The number of aromatic nitrogens is 2. The SMILES string of the molecule is CCOCc1cc(N)nc(C2CC2)n1. The summed E-state index contributed by atoms with van der Waals surface area (Å²) in [6.07, 6.45) is 2.38. The molecule has 1 aromatic rings. The van der Waals surface area contributed by atoms with Crippen LogP contribution in [-0.4, -0.2) is 16.6 Å². The van der Waals surface area contributed by atoms with Crippen molar-refractivity contribution in [3.63, 3.8) is 0 Å². The average Bonchev–Trinajstić information content (AvgIpc) is 2.97. The van der Waals surface area contributed by atoms with Gasteiger partial charge < -0.3 is 10.5 Å². The Morgan fingerprint density at radius 1 is 1.50 bits per heavy atom. The van der Waals surface area contributed by atoms with E-state index in [4.69, 9.17) is 10.5 Å². The molecule has 0 aliphatic heterocycles. The highest BCUT2D eigenvalue weighted by Crippen LogP contribution is 2.38. The van der Waals surface area contributed by atoms with Gasteiger partial charge in [-0.05, 0) is 19.8 Å². The van der Waals surface area contributed by atoms with E-state index < -0.39 is 0 Å². The van der Waals surface area contributed by atoms with Crippen LogP contribution in [0.3, 0.4) is 0 Å². The van der Waals surface area contributed by atoms with Gasteiger partial charge >= 0.3 is 0 Å². The van der Waals surface area contributed by atoms with Gasteiger partial charge in [-0.3, -0.25) is 0 Å². The van der Waals surface area contributed by atoms with Crippen LogP contribution in [0.2, 0.25) is 0 Å². The van der Waals surface area contributed by atoms with Gasteiger partial charge in [0.25, 0.3) is 0 Å². The predicted molar refractivity (Wildman–Crippen MR) is 53.7 cm³/mol. The van der Waals surface area contributed by atoms with Gasteiger partial charge in [0.1, 0.15) is 11.6 Å². The molecule has 0 spiro atoms. The number of hydrogen-bond acceptors (Lipinski definition) is 4. The van der Waals surface area contributed by atoms with Crippen LogP contribution in [0.15, 0.2) is 6.07 Å². The second kappa shape index (κ2) is 3.92. The predicted octanol–water partition coefficient (Wildman–Crippen LogP) is 1.47. The normalized spacial score (nSPS) is 15.8. The van der Waals surface area contributed by atoms with Crippen LogP contribution < -0.4 is 5.73 Å². The van der Waals surface area contributed by atoms with E-state index in [2.05, 4.69) is 9.97 Å². The van der Waals surface area contributed by atoms with Crippen molar-refractivity contribution in [1.82, 2.24) is 9.97 Å². The zero-order chi connectivity index (χ0) is 9.97. The van der Waals surface area contributed by atoms with Gasteiger partial charge in [-0.25, -0.2) is 9.97 Å². The minimum Gasteiger partial charge on any atom is -0.384 e. The maximum Gasteiger partial charge on any atom is 0.134 e. The monoisotopic (exact) mass is 193 g/mol. The number of anilines is 1. The summed E-state index contributed by atoms with van der Waals surface area (Å²) >= 11 is 0. The lowest BCUT2D eigenvalue weighted by Crippen LogP contribution is -2.03. The Labute approximate surface area is 83.5 Å². The summed E-state index contributed by atoms with van der Waals surface area (Å²) in [7, 11) is 0. The van der Waals surface area contributed by atoms with Crippen molar-refractivity contribution in [3.05, 3.63) is 17.6 Å². The summed E-state index contributed by atoms with van der Waals surface area (Å²) in [4.78, 5) is 8.63. The van der Waals surface area contributed by atoms with E-state index in [0.717, 1.165) is 11.5 Å². The summed E-state index contributed by atoms with van der Waals surface area (Å²) in [6.45, 7) is 3.19. The smallest absolute Gasteiger partial charge is 0.134 e. The standard InChI is InChI=1S/C10H15N3O/c1-2-14-6-8-5-9(11)13-10(12-8)7-3-4-7/h5,7H,2-4,6H2,1H3,(H2,11,12,13). The van der Waals surface area contributed by atoms with Crippen molar-refractivity contribution >= 4 is 5.82 Å². The van der Waals surface area contributed by atoms with Gasteiger partial charge in [0, 0.05) is 18.6 Å². The van der Waals surface area contributed by atoms with E-state index in [9.17, 15) is 0 Å². The molecular weight excluding hydrogens is 178 g/mol. The van der Waals surface area contributed by atoms with E-state index >= 15 is 0 Å².